The molecule has 0 saturated carbocycles. The van der Waals surface area contributed by atoms with Crippen molar-refractivity contribution >= 4 is 24.6 Å². The maximum atomic E-state index is 16.9. The summed E-state index contributed by atoms with van der Waals surface area (Å²) in [7, 11) is 0. The second-order valence-electron chi connectivity index (χ2n) is 9.70. The Hall–Kier alpha value is -4.57. The van der Waals surface area contributed by atoms with Crippen LogP contribution in [0.15, 0.2) is 83.4 Å². The van der Waals surface area contributed by atoms with E-state index in [1.807, 2.05) is 12.1 Å². The van der Waals surface area contributed by atoms with Gasteiger partial charge in [-0.05, 0) is 30.7 Å². The van der Waals surface area contributed by atoms with Crippen LogP contribution < -0.4 is 20.6 Å². The van der Waals surface area contributed by atoms with Gasteiger partial charge in [0.25, 0.3) is 5.56 Å². The maximum absolute atomic E-state index is 16.9. The lowest BCUT2D eigenvalue weighted by molar-refractivity contribution is 0.0526. The molecule has 6 rings (SSSR count). The van der Waals surface area contributed by atoms with Crippen LogP contribution in [0.5, 0.6) is 0 Å². The van der Waals surface area contributed by atoms with Crippen molar-refractivity contribution in [3.63, 3.8) is 0 Å². The van der Waals surface area contributed by atoms with Gasteiger partial charge in [0, 0.05) is 36.1 Å². The topological polar surface area (TPSA) is 76.5 Å². The van der Waals surface area contributed by atoms with E-state index in [9.17, 15) is 14.7 Å². The predicted octanol–water partition coefficient (Wildman–Crippen LogP) is 2.78. The van der Waals surface area contributed by atoms with Gasteiger partial charge < -0.3 is 32.0 Å². The molecule has 0 fully saturated rings. The molecule has 0 saturated heterocycles. The van der Waals surface area contributed by atoms with Crippen molar-refractivity contribution in [2.24, 2.45) is 0 Å². The van der Waals surface area contributed by atoms with Gasteiger partial charge in [-0.1, -0.05) is 60.7 Å². The van der Waals surface area contributed by atoms with E-state index in [0.29, 0.717) is 22.3 Å². The van der Waals surface area contributed by atoms with Gasteiger partial charge in [-0.15, -0.1) is 0 Å². The summed E-state index contributed by atoms with van der Waals surface area (Å²) >= 11 is 0. The first-order valence-corrected chi connectivity index (χ1v) is 13.1. The van der Waals surface area contributed by atoms with Crippen molar-refractivity contribution in [3.05, 3.63) is 122 Å². The third-order valence-electron chi connectivity index (χ3n) is 7.50. The number of nitrogens with zero attached hydrogens (tertiary/aromatic N) is 3. The Bertz CT molecular complexity index is 1890. The zero-order chi connectivity index (χ0) is 28.2. The number of aliphatic hydroxyl groups is 1. The number of aliphatic hydroxyl groups excluding tert-OH is 1. The van der Waals surface area contributed by atoms with Crippen LogP contribution in [-0.2, 0) is 11.3 Å². The Morgan fingerprint density at radius 2 is 1.68 bits per heavy atom. The van der Waals surface area contributed by atoms with Crippen LogP contribution in [0.3, 0.4) is 0 Å². The highest BCUT2D eigenvalue weighted by molar-refractivity contribution is 6.64. The Morgan fingerprint density at radius 3 is 2.30 bits per heavy atom. The number of pyridine rings is 1. The Labute approximate surface area is 228 Å². The molecule has 40 heavy (non-hydrogen) atoms. The zero-order valence-corrected chi connectivity index (χ0v) is 22.0. The molecule has 202 valence electrons. The summed E-state index contributed by atoms with van der Waals surface area (Å²) < 4.78 is 42.3. The van der Waals surface area contributed by atoms with Gasteiger partial charge in [-0.3, -0.25) is 4.79 Å². The smallest absolute Gasteiger partial charge is 0.462 e. The highest BCUT2D eigenvalue weighted by Crippen LogP contribution is 2.42. The van der Waals surface area contributed by atoms with E-state index < -0.39 is 18.5 Å². The minimum atomic E-state index is -4.56. The molecule has 4 heterocycles. The summed E-state index contributed by atoms with van der Waals surface area (Å²) in [4.78, 5) is 26.8. The van der Waals surface area contributed by atoms with Crippen molar-refractivity contribution in [3.8, 4) is 11.1 Å². The van der Waals surface area contributed by atoms with Crippen LogP contribution in [0.4, 0.5) is 8.63 Å². The molecule has 2 aromatic carbocycles. The average molecular weight is 541 g/mol. The molecule has 2 aliphatic rings. The number of carbonyl (C=O) groups excluding carboxylic acids is 1. The minimum Gasteiger partial charge on any atom is -0.462 e. The molecule has 1 N–H and O–H groups in total. The van der Waals surface area contributed by atoms with Crippen LogP contribution in [0.2, 0.25) is 0 Å². The fourth-order valence-electron chi connectivity index (χ4n) is 5.90. The lowest BCUT2D eigenvalue weighted by atomic mass is 9.87. The van der Waals surface area contributed by atoms with Crippen LogP contribution >= 0.6 is 0 Å². The number of carbonyl (C=O) groups is 1. The Balaban J connectivity index is 1.78. The molecule has 10 heteroatoms. The molecule has 0 aliphatic carbocycles. The number of allylic oxidation sites excluding steroid dienone is 1. The van der Waals surface area contributed by atoms with Gasteiger partial charge in [0.05, 0.1) is 24.4 Å². The number of fused-ring (bicyclic) bond motifs is 3. The summed E-state index contributed by atoms with van der Waals surface area (Å²) in [6, 6.07) is 19.3. The van der Waals surface area contributed by atoms with Crippen molar-refractivity contribution in [2.45, 2.75) is 20.4 Å². The van der Waals surface area contributed by atoms with E-state index in [1.54, 1.807) is 61.5 Å². The summed E-state index contributed by atoms with van der Waals surface area (Å²) in [5.41, 5.74) is 1.96. The lowest BCUT2D eigenvalue weighted by Crippen LogP contribution is -2.58. The number of benzene rings is 2. The number of hydrogen-bond acceptors (Lipinski definition) is 4. The van der Waals surface area contributed by atoms with Gasteiger partial charge in [0.2, 0.25) is 0 Å². The molecule has 0 unspecified atom stereocenters. The third kappa shape index (κ3) is 3.63. The molecular formula is C30H26BF2N3O4. The van der Waals surface area contributed by atoms with E-state index in [0.717, 1.165) is 8.96 Å². The second kappa shape index (κ2) is 9.57. The molecule has 0 bridgehead atoms. The summed E-state index contributed by atoms with van der Waals surface area (Å²) in [6.07, 6.45) is 3.06. The molecule has 7 nitrogen and oxygen atoms in total. The second-order valence-corrected chi connectivity index (χ2v) is 9.70. The molecule has 0 radical (unpaired) electrons. The van der Waals surface area contributed by atoms with Crippen LogP contribution in [0, 0.1) is 6.92 Å². The van der Waals surface area contributed by atoms with E-state index in [1.165, 1.54) is 23.8 Å². The Morgan fingerprint density at radius 1 is 1.02 bits per heavy atom. The normalized spacial score (nSPS) is 14.9. The first-order chi connectivity index (χ1) is 19.3. The number of halogens is 2. The minimum absolute atomic E-state index is 0.0367. The molecule has 4 aromatic rings. The van der Waals surface area contributed by atoms with Gasteiger partial charge in [0.15, 0.2) is 11.1 Å². The van der Waals surface area contributed by atoms with Crippen LogP contribution in [-0.4, -0.2) is 40.3 Å². The first-order valence-electron chi connectivity index (χ1n) is 13.1. The van der Waals surface area contributed by atoms with Gasteiger partial charge in [-0.2, -0.15) is 0 Å². The van der Waals surface area contributed by atoms with Crippen molar-refractivity contribution in [1.29, 1.82) is 0 Å². The van der Waals surface area contributed by atoms with E-state index in [-0.39, 0.29) is 53.0 Å². The van der Waals surface area contributed by atoms with Crippen molar-refractivity contribution in [2.75, 3.05) is 13.2 Å². The van der Waals surface area contributed by atoms with Crippen LogP contribution in [0.25, 0.3) is 22.8 Å². The quantitative estimate of drug-likeness (QED) is 0.301. The molecule has 2 aromatic heterocycles. The van der Waals surface area contributed by atoms with E-state index >= 15 is 8.63 Å². The highest BCUT2D eigenvalue weighted by atomic mass is 19.2. The highest BCUT2D eigenvalue weighted by Gasteiger charge is 2.55. The monoisotopic (exact) mass is 541 g/mol. The number of esters is 1. The average Bonchev–Trinajstić information content (AvgIpc) is 3.45. The predicted molar refractivity (Wildman–Crippen MR) is 149 cm³/mol. The molecule has 0 amide bonds. The Kier molecular flexibility index (Phi) is 6.15. The third-order valence-corrected chi connectivity index (χ3v) is 7.50. The van der Waals surface area contributed by atoms with Gasteiger partial charge >= 0.3 is 12.9 Å². The number of rotatable bonds is 6. The van der Waals surface area contributed by atoms with Gasteiger partial charge in [-0.25, -0.2) is 4.79 Å². The summed E-state index contributed by atoms with van der Waals surface area (Å²) in [6.45, 7) is -1.53. The fourth-order valence-corrected chi connectivity index (χ4v) is 5.90. The molecular weight excluding hydrogens is 515 g/mol. The molecule has 0 spiro atoms. The molecule has 2 aliphatic heterocycles. The number of aromatic nitrogens is 2. The summed E-state index contributed by atoms with van der Waals surface area (Å²) in [5.74, 6) is -0.675. The van der Waals surface area contributed by atoms with E-state index in [4.69, 9.17) is 4.74 Å². The van der Waals surface area contributed by atoms with E-state index in [2.05, 4.69) is 0 Å². The van der Waals surface area contributed by atoms with Gasteiger partial charge in [0.1, 0.15) is 5.22 Å². The van der Waals surface area contributed by atoms with Crippen molar-refractivity contribution < 1.29 is 23.3 Å². The zero-order valence-electron chi connectivity index (χ0n) is 22.0. The fraction of sp³-hybridized carbons (Fsp3) is 0.167. The number of ether oxygens (including phenoxy) is 1. The lowest BCUT2D eigenvalue weighted by Gasteiger charge is -2.30. The standard InChI is InChI=1S/C30H26BF2N3O4/c1-3-40-30(39)25-19(2)35-23(26(25)20-10-6-4-7-11-20)18-24-27(21-12-8-5-9-13-21)28-22(36(24)31(35,32)33)14-15-34(16-17-37)29(28)38/h4-15,18,37H,3,16-17H2,1-2H3. The largest absolute Gasteiger partial charge is 0.737 e. The number of hydrogen-bond donors (Lipinski definition) is 1. The molecule has 0 atom stereocenters. The maximum Gasteiger partial charge on any atom is 0.737 e. The SMILES string of the molecule is CCOC(=O)c1c(-c2ccccc2)c2n(c1C)[B-](F)(F)[N+]1=c3ccn(CCO)c(=O)c3=C(c3ccccc3)C1=C2. The van der Waals surface area contributed by atoms with Crippen LogP contribution in [0.1, 0.15) is 34.2 Å². The van der Waals surface area contributed by atoms with Crippen molar-refractivity contribution in [1.82, 2.24) is 13.5 Å². The summed E-state index contributed by atoms with van der Waals surface area (Å²) in [5, 5.41) is 9.71. The first kappa shape index (κ1) is 25.7.